The topological polar surface area (TPSA) is 90.1 Å². The van der Waals surface area contributed by atoms with Gasteiger partial charge >= 0.3 is 6.18 Å². The summed E-state index contributed by atoms with van der Waals surface area (Å²) in [5, 5.41) is 6.62. The molecule has 0 spiro atoms. The summed E-state index contributed by atoms with van der Waals surface area (Å²) in [5.41, 5.74) is -0.245. The maximum atomic E-state index is 12.5. The molecule has 0 radical (unpaired) electrons. The van der Waals surface area contributed by atoms with Gasteiger partial charge in [-0.3, -0.25) is 4.79 Å². The van der Waals surface area contributed by atoms with Crippen molar-refractivity contribution in [2.24, 2.45) is 0 Å². The van der Waals surface area contributed by atoms with E-state index in [1.54, 1.807) is 6.92 Å². The van der Waals surface area contributed by atoms with E-state index in [1.807, 2.05) is 0 Å². The fraction of sp³-hybridized carbons (Fsp3) is 0.556. The highest BCUT2D eigenvalue weighted by molar-refractivity contribution is 5.95. The van der Waals surface area contributed by atoms with Crippen LogP contribution in [0.5, 0.6) is 5.75 Å². The Hall–Kier alpha value is -2.65. The number of carbonyl (C=O) groups is 1. The second-order valence-electron chi connectivity index (χ2n) is 6.77. The van der Waals surface area contributed by atoms with Gasteiger partial charge in [0.2, 0.25) is 5.89 Å². The summed E-state index contributed by atoms with van der Waals surface area (Å²) in [4.78, 5) is 20.7. The van der Waals surface area contributed by atoms with E-state index in [1.165, 1.54) is 24.8 Å². The van der Waals surface area contributed by atoms with E-state index in [0.29, 0.717) is 5.82 Å². The molecule has 3 rings (SSSR count). The Labute approximate surface area is 159 Å². The van der Waals surface area contributed by atoms with Crippen molar-refractivity contribution in [3.8, 4) is 5.75 Å². The lowest BCUT2D eigenvalue weighted by atomic mass is 9.89. The van der Waals surface area contributed by atoms with Gasteiger partial charge < -0.3 is 14.6 Å². The maximum Gasteiger partial charge on any atom is 0.422 e. The van der Waals surface area contributed by atoms with Crippen molar-refractivity contribution in [3.63, 3.8) is 0 Å². The Kier molecular flexibility index (Phi) is 6.15. The average Bonchev–Trinajstić information content (AvgIpc) is 3.17. The van der Waals surface area contributed by atoms with Crippen molar-refractivity contribution in [2.45, 2.75) is 57.2 Å². The van der Waals surface area contributed by atoms with E-state index >= 15 is 0 Å². The van der Waals surface area contributed by atoms with Gasteiger partial charge in [-0.25, -0.2) is 4.98 Å². The van der Waals surface area contributed by atoms with Gasteiger partial charge in [0, 0.05) is 12.1 Å². The van der Waals surface area contributed by atoms with Crippen LogP contribution in [0.2, 0.25) is 0 Å². The minimum atomic E-state index is -4.52. The van der Waals surface area contributed by atoms with Crippen molar-refractivity contribution in [1.29, 1.82) is 0 Å². The Morgan fingerprint density at radius 2 is 2.11 bits per heavy atom. The molecule has 7 nitrogen and oxygen atoms in total. The number of rotatable bonds is 6. The van der Waals surface area contributed by atoms with E-state index in [9.17, 15) is 18.0 Å². The first-order valence-corrected chi connectivity index (χ1v) is 9.12. The van der Waals surface area contributed by atoms with Crippen molar-refractivity contribution in [2.75, 3.05) is 6.61 Å². The Morgan fingerprint density at radius 3 is 2.82 bits per heavy atom. The molecule has 1 aliphatic rings. The van der Waals surface area contributed by atoms with Crippen LogP contribution in [0.1, 0.15) is 73.2 Å². The molecule has 1 aliphatic carbocycles. The van der Waals surface area contributed by atoms with Crippen LogP contribution in [0.25, 0.3) is 0 Å². The molecular formula is C18H21F3N4O3. The van der Waals surface area contributed by atoms with Crippen molar-refractivity contribution >= 4 is 5.91 Å². The largest absolute Gasteiger partial charge is 0.482 e. The number of alkyl halides is 3. The molecule has 1 fully saturated rings. The quantitative estimate of drug-likeness (QED) is 0.793. The van der Waals surface area contributed by atoms with Gasteiger partial charge in [-0.05, 0) is 31.9 Å². The molecule has 0 unspecified atom stereocenters. The molecule has 28 heavy (non-hydrogen) atoms. The highest BCUT2D eigenvalue weighted by Gasteiger charge is 2.30. The lowest BCUT2D eigenvalue weighted by Gasteiger charge is -2.17. The molecule has 0 aromatic carbocycles. The highest BCUT2D eigenvalue weighted by atomic mass is 19.4. The molecule has 0 bridgehead atoms. The number of pyridine rings is 1. The van der Waals surface area contributed by atoms with E-state index in [-0.39, 0.29) is 23.3 Å². The molecule has 2 aromatic heterocycles. The first-order chi connectivity index (χ1) is 13.3. The smallest absolute Gasteiger partial charge is 0.422 e. The highest BCUT2D eigenvalue weighted by Crippen LogP contribution is 2.31. The monoisotopic (exact) mass is 398 g/mol. The third kappa shape index (κ3) is 5.20. The number of amides is 1. The van der Waals surface area contributed by atoms with Crippen LogP contribution in [-0.4, -0.2) is 33.8 Å². The molecular weight excluding hydrogens is 377 g/mol. The second kappa shape index (κ2) is 8.57. The molecule has 1 amide bonds. The second-order valence-corrected chi connectivity index (χ2v) is 6.77. The number of hydrogen-bond donors (Lipinski definition) is 1. The van der Waals surface area contributed by atoms with Crippen LogP contribution in [-0.2, 0) is 0 Å². The summed E-state index contributed by atoms with van der Waals surface area (Å²) in [6, 6.07) is 2.02. The number of hydrogen-bond acceptors (Lipinski definition) is 6. The predicted octanol–water partition coefficient (Wildman–Crippen LogP) is 3.94. The number of nitrogens with zero attached hydrogens (tertiary/aromatic N) is 3. The zero-order valence-electron chi connectivity index (χ0n) is 15.3. The van der Waals surface area contributed by atoms with Crippen LogP contribution in [0.15, 0.2) is 22.9 Å². The first-order valence-electron chi connectivity index (χ1n) is 9.12. The van der Waals surface area contributed by atoms with Crippen LogP contribution in [0.4, 0.5) is 13.2 Å². The minimum absolute atomic E-state index is 0.239. The number of halogens is 3. The standard InChI is InChI=1S/C18H21F3N4O3/c1-11(17-24-15(25-28-17)12-6-3-2-4-7-12)23-16(26)14-13(8-5-9-22-14)27-10-18(19,20)21/h5,8-9,11-12H,2-4,6-7,10H2,1H3,(H,23,26)/t11-/m1/s1. The summed E-state index contributed by atoms with van der Waals surface area (Å²) in [5.74, 6) is 0.179. The van der Waals surface area contributed by atoms with Crippen LogP contribution >= 0.6 is 0 Å². The van der Waals surface area contributed by atoms with E-state index in [0.717, 1.165) is 25.7 Å². The van der Waals surface area contributed by atoms with E-state index < -0.39 is 24.7 Å². The van der Waals surface area contributed by atoms with Gasteiger partial charge in [0.15, 0.2) is 23.9 Å². The van der Waals surface area contributed by atoms with Gasteiger partial charge in [0.25, 0.3) is 5.91 Å². The molecule has 10 heteroatoms. The molecule has 0 aliphatic heterocycles. The third-order valence-electron chi connectivity index (χ3n) is 4.52. The molecule has 2 aromatic rings. The minimum Gasteiger partial charge on any atom is -0.482 e. The molecule has 1 atom stereocenters. The van der Waals surface area contributed by atoms with Gasteiger partial charge in [-0.2, -0.15) is 18.2 Å². The third-order valence-corrected chi connectivity index (χ3v) is 4.52. The zero-order chi connectivity index (χ0) is 20.1. The number of aromatic nitrogens is 3. The Morgan fingerprint density at radius 1 is 1.36 bits per heavy atom. The SMILES string of the molecule is C[C@@H](NC(=O)c1ncccc1OCC(F)(F)F)c1nc(C2CCCCC2)no1. The number of ether oxygens (including phenoxy) is 1. The molecule has 152 valence electrons. The van der Waals surface area contributed by atoms with Crippen LogP contribution < -0.4 is 10.1 Å². The number of nitrogens with one attached hydrogen (secondary N) is 1. The Bertz CT molecular complexity index is 803. The predicted molar refractivity (Wildman–Crippen MR) is 91.8 cm³/mol. The maximum absolute atomic E-state index is 12.5. The normalized spacial score (nSPS) is 16.6. The van der Waals surface area contributed by atoms with E-state index in [4.69, 9.17) is 9.26 Å². The fourth-order valence-corrected chi connectivity index (χ4v) is 3.11. The van der Waals surface area contributed by atoms with Gasteiger partial charge in [0.05, 0.1) is 0 Å². The lowest BCUT2D eigenvalue weighted by molar-refractivity contribution is -0.153. The zero-order valence-corrected chi connectivity index (χ0v) is 15.3. The fourth-order valence-electron chi connectivity index (χ4n) is 3.11. The van der Waals surface area contributed by atoms with Crippen LogP contribution in [0.3, 0.4) is 0 Å². The summed E-state index contributed by atoms with van der Waals surface area (Å²) >= 11 is 0. The van der Waals surface area contributed by atoms with E-state index in [2.05, 4.69) is 20.4 Å². The summed E-state index contributed by atoms with van der Waals surface area (Å²) < 4.78 is 47.1. The Balaban J connectivity index is 1.65. The summed E-state index contributed by atoms with van der Waals surface area (Å²) in [6.07, 6.45) is 2.25. The summed E-state index contributed by atoms with van der Waals surface area (Å²) in [7, 11) is 0. The average molecular weight is 398 g/mol. The van der Waals surface area contributed by atoms with Gasteiger partial charge in [-0.15, -0.1) is 0 Å². The molecule has 0 saturated heterocycles. The molecule has 1 saturated carbocycles. The van der Waals surface area contributed by atoms with Crippen LogP contribution in [0, 0.1) is 0 Å². The lowest BCUT2D eigenvalue weighted by Crippen LogP contribution is -2.29. The van der Waals surface area contributed by atoms with Gasteiger partial charge in [0.1, 0.15) is 6.04 Å². The van der Waals surface area contributed by atoms with Gasteiger partial charge in [-0.1, -0.05) is 24.4 Å². The first kappa shape index (κ1) is 20.1. The molecule has 1 N–H and O–H groups in total. The number of carbonyl (C=O) groups excluding carboxylic acids is 1. The summed E-state index contributed by atoms with van der Waals surface area (Å²) in [6.45, 7) is 0.137. The molecule has 2 heterocycles. The van der Waals surface area contributed by atoms with Crippen molar-refractivity contribution in [1.82, 2.24) is 20.4 Å². The van der Waals surface area contributed by atoms with Crippen molar-refractivity contribution in [3.05, 3.63) is 35.7 Å². The van der Waals surface area contributed by atoms with Crippen molar-refractivity contribution < 1.29 is 27.2 Å².